The van der Waals surface area contributed by atoms with E-state index < -0.39 is 11.9 Å². The van der Waals surface area contributed by atoms with Crippen LogP contribution in [0.15, 0.2) is 18.3 Å². The number of nitrogens with zero attached hydrogens (tertiary/aromatic N) is 1. The Balaban J connectivity index is 1.99. The summed E-state index contributed by atoms with van der Waals surface area (Å²) in [7, 11) is 0. The van der Waals surface area contributed by atoms with Crippen LogP contribution in [-0.4, -0.2) is 42.2 Å². The van der Waals surface area contributed by atoms with Crippen molar-refractivity contribution in [1.29, 1.82) is 0 Å². The van der Waals surface area contributed by atoms with E-state index in [1.54, 1.807) is 12.1 Å². The lowest BCUT2D eigenvalue weighted by Crippen LogP contribution is -2.42. The first-order chi connectivity index (χ1) is 10.1. The van der Waals surface area contributed by atoms with Crippen LogP contribution in [0.4, 0.5) is 0 Å². The van der Waals surface area contributed by atoms with Crippen molar-refractivity contribution in [2.24, 2.45) is 5.73 Å². The normalized spacial score (nSPS) is 17.0. The fraction of sp³-hybridized carbons (Fsp3) is 0.500. The number of primary amides is 1. The van der Waals surface area contributed by atoms with Crippen molar-refractivity contribution in [1.82, 2.24) is 10.3 Å². The lowest BCUT2D eigenvalue weighted by atomic mass is 10.1. The number of nitrogens with two attached hydrogens (primary N) is 1. The highest BCUT2D eigenvalue weighted by Gasteiger charge is 2.18. The van der Waals surface area contributed by atoms with Gasteiger partial charge in [0.25, 0.3) is 5.91 Å². The van der Waals surface area contributed by atoms with Crippen LogP contribution in [0.2, 0.25) is 0 Å². The Morgan fingerprint density at radius 1 is 1.48 bits per heavy atom. The summed E-state index contributed by atoms with van der Waals surface area (Å²) in [4.78, 5) is 27.0. The van der Waals surface area contributed by atoms with E-state index in [-0.39, 0.29) is 12.0 Å². The summed E-state index contributed by atoms with van der Waals surface area (Å²) in [6.07, 6.45) is 3.15. The van der Waals surface area contributed by atoms with Crippen molar-refractivity contribution >= 4 is 11.8 Å². The fourth-order valence-electron chi connectivity index (χ4n) is 1.93. The number of pyridine rings is 1. The molecule has 1 aromatic rings. The molecule has 1 aliphatic rings. The van der Waals surface area contributed by atoms with Crippen molar-refractivity contribution in [2.45, 2.75) is 31.9 Å². The van der Waals surface area contributed by atoms with Crippen molar-refractivity contribution in [3.8, 4) is 5.88 Å². The SMILES string of the molecule is C[C@@H](NC(=O)c1ccnc(OC2CCOCC2)c1)C(N)=O. The Kier molecular flexibility index (Phi) is 5.10. The largest absolute Gasteiger partial charge is 0.474 e. The maximum absolute atomic E-state index is 12.0. The Hall–Kier alpha value is -2.15. The third-order valence-electron chi connectivity index (χ3n) is 3.23. The van der Waals surface area contributed by atoms with Crippen molar-refractivity contribution in [3.05, 3.63) is 23.9 Å². The third kappa shape index (κ3) is 4.42. The molecule has 2 amide bonds. The van der Waals surface area contributed by atoms with Gasteiger partial charge in [-0.1, -0.05) is 0 Å². The number of aromatic nitrogens is 1. The van der Waals surface area contributed by atoms with E-state index in [2.05, 4.69) is 10.3 Å². The quantitative estimate of drug-likeness (QED) is 0.809. The Labute approximate surface area is 122 Å². The summed E-state index contributed by atoms with van der Waals surface area (Å²) in [5, 5.41) is 2.51. The number of carbonyl (C=O) groups excluding carboxylic acids is 2. The van der Waals surface area contributed by atoms with Gasteiger partial charge in [-0.15, -0.1) is 0 Å². The summed E-state index contributed by atoms with van der Waals surface area (Å²) >= 11 is 0. The van der Waals surface area contributed by atoms with Gasteiger partial charge in [-0.3, -0.25) is 9.59 Å². The number of amides is 2. The molecule has 1 saturated heterocycles. The van der Waals surface area contributed by atoms with E-state index in [4.69, 9.17) is 15.2 Å². The van der Waals surface area contributed by atoms with Crippen LogP contribution in [-0.2, 0) is 9.53 Å². The molecule has 7 heteroatoms. The molecule has 0 radical (unpaired) electrons. The monoisotopic (exact) mass is 293 g/mol. The number of ether oxygens (including phenoxy) is 2. The van der Waals surface area contributed by atoms with Gasteiger partial charge in [-0.05, 0) is 13.0 Å². The van der Waals surface area contributed by atoms with Gasteiger partial charge >= 0.3 is 0 Å². The van der Waals surface area contributed by atoms with Crippen molar-refractivity contribution in [3.63, 3.8) is 0 Å². The van der Waals surface area contributed by atoms with Crippen molar-refractivity contribution < 1.29 is 19.1 Å². The summed E-state index contributed by atoms with van der Waals surface area (Å²) in [6.45, 7) is 2.86. The van der Waals surface area contributed by atoms with Crippen LogP contribution < -0.4 is 15.8 Å². The molecule has 2 rings (SSSR count). The van der Waals surface area contributed by atoms with E-state index in [9.17, 15) is 9.59 Å². The first kappa shape index (κ1) is 15.2. The molecule has 1 aromatic heterocycles. The highest BCUT2D eigenvalue weighted by atomic mass is 16.5. The van der Waals surface area contributed by atoms with Gasteiger partial charge in [-0.2, -0.15) is 0 Å². The zero-order valence-corrected chi connectivity index (χ0v) is 11.9. The molecule has 0 aliphatic carbocycles. The first-order valence-electron chi connectivity index (χ1n) is 6.87. The minimum Gasteiger partial charge on any atom is -0.474 e. The molecule has 1 fully saturated rings. The molecule has 0 unspecified atom stereocenters. The minimum atomic E-state index is -0.731. The molecular formula is C14H19N3O4. The lowest BCUT2D eigenvalue weighted by molar-refractivity contribution is -0.119. The fourth-order valence-corrected chi connectivity index (χ4v) is 1.93. The first-order valence-corrected chi connectivity index (χ1v) is 6.87. The predicted molar refractivity (Wildman–Crippen MR) is 74.8 cm³/mol. The minimum absolute atomic E-state index is 0.0501. The van der Waals surface area contributed by atoms with Gasteiger partial charge in [0.15, 0.2) is 0 Å². The second-order valence-corrected chi connectivity index (χ2v) is 4.91. The maximum Gasteiger partial charge on any atom is 0.252 e. The second-order valence-electron chi connectivity index (χ2n) is 4.91. The zero-order chi connectivity index (χ0) is 15.2. The second kappa shape index (κ2) is 7.03. The average molecular weight is 293 g/mol. The van der Waals surface area contributed by atoms with Crippen LogP contribution in [0, 0.1) is 0 Å². The molecule has 1 atom stereocenters. The molecule has 114 valence electrons. The van der Waals surface area contributed by atoms with Gasteiger partial charge in [0.2, 0.25) is 11.8 Å². The molecule has 1 aliphatic heterocycles. The molecule has 0 aromatic carbocycles. The smallest absolute Gasteiger partial charge is 0.252 e. The number of hydrogen-bond donors (Lipinski definition) is 2. The number of rotatable bonds is 5. The molecule has 2 heterocycles. The summed E-state index contributed by atoms with van der Waals surface area (Å²) in [5.41, 5.74) is 5.49. The predicted octanol–water partition coefficient (Wildman–Crippen LogP) is 0.243. The van der Waals surface area contributed by atoms with Crippen LogP contribution in [0.25, 0.3) is 0 Å². The van der Waals surface area contributed by atoms with Gasteiger partial charge in [0.05, 0.1) is 13.2 Å². The Morgan fingerprint density at radius 3 is 2.86 bits per heavy atom. The van der Waals surface area contributed by atoms with E-state index >= 15 is 0 Å². The highest BCUT2D eigenvalue weighted by Crippen LogP contribution is 2.16. The average Bonchev–Trinajstić information content (AvgIpc) is 2.48. The van der Waals surface area contributed by atoms with Gasteiger partial charge in [0.1, 0.15) is 12.1 Å². The third-order valence-corrected chi connectivity index (χ3v) is 3.23. The molecule has 0 bridgehead atoms. The van der Waals surface area contributed by atoms with Crippen LogP contribution in [0.3, 0.4) is 0 Å². The molecule has 21 heavy (non-hydrogen) atoms. The standard InChI is InChI=1S/C14H19N3O4/c1-9(13(15)18)17-14(19)10-2-5-16-12(8-10)21-11-3-6-20-7-4-11/h2,5,8-9,11H,3-4,6-7H2,1H3,(H2,15,18)(H,17,19)/t9-/m1/s1. The van der Waals surface area contributed by atoms with Gasteiger partial charge < -0.3 is 20.5 Å². The molecule has 0 spiro atoms. The molecule has 3 N–H and O–H groups in total. The number of nitrogens with one attached hydrogen (secondary N) is 1. The Morgan fingerprint density at radius 2 is 2.19 bits per heavy atom. The molecule has 7 nitrogen and oxygen atoms in total. The van der Waals surface area contributed by atoms with E-state index in [1.165, 1.54) is 13.1 Å². The summed E-state index contributed by atoms with van der Waals surface area (Å²) < 4.78 is 11.0. The van der Waals surface area contributed by atoms with Crippen LogP contribution in [0.1, 0.15) is 30.1 Å². The molecule has 0 saturated carbocycles. The summed E-state index contributed by atoms with van der Waals surface area (Å²) in [6, 6.07) is 2.38. The topological polar surface area (TPSA) is 104 Å². The number of carbonyl (C=O) groups is 2. The van der Waals surface area contributed by atoms with Crippen molar-refractivity contribution in [2.75, 3.05) is 13.2 Å². The van der Waals surface area contributed by atoms with Gasteiger partial charge in [-0.25, -0.2) is 4.98 Å². The maximum atomic E-state index is 12.0. The van der Waals surface area contributed by atoms with Crippen LogP contribution >= 0.6 is 0 Å². The van der Waals surface area contributed by atoms with Gasteiger partial charge in [0, 0.05) is 30.7 Å². The van der Waals surface area contributed by atoms with E-state index in [0.717, 1.165) is 12.8 Å². The number of hydrogen-bond acceptors (Lipinski definition) is 5. The lowest BCUT2D eigenvalue weighted by Gasteiger charge is -2.22. The summed E-state index contributed by atoms with van der Waals surface area (Å²) in [5.74, 6) is -0.585. The zero-order valence-electron chi connectivity index (χ0n) is 11.9. The molecular weight excluding hydrogens is 274 g/mol. The van der Waals surface area contributed by atoms with E-state index in [0.29, 0.717) is 24.7 Å². The Bertz CT molecular complexity index is 515. The highest BCUT2D eigenvalue weighted by molar-refractivity contribution is 5.97. The van der Waals surface area contributed by atoms with E-state index in [1.807, 2.05) is 0 Å². The van der Waals surface area contributed by atoms with Crippen LogP contribution in [0.5, 0.6) is 5.88 Å².